The number of benzene rings is 2. The third-order valence-corrected chi connectivity index (χ3v) is 4.30. The maximum Gasteiger partial charge on any atom is 0.0351 e. The average Bonchev–Trinajstić information content (AvgIpc) is 2.51. The Hall–Kier alpha value is -1.60. The summed E-state index contributed by atoms with van der Waals surface area (Å²) in [6.07, 6.45) is 3.97. The van der Waals surface area contributed by atoms with Gasteiger partial charge in [0.2, 0.25) is 0 Å². The molecular formula is C19H23N. The van der Waals surface area contributed by atoms with E-state index in [4.69, 9.17) is 0 Å². The third kappa shape index (κ3) is 3.10. The monoisotopic (exact) mass is 265 g/mol. The summed E-state index contributed by atoms with van der Waals surface area (Å²) in [7, 11) is 0. The lowest BCUT2D eigenvalue weighted by Crippen LogP contribution is -2.32. The molecule has 1 nitrogen and oxygen atoms in total. The maximum atomic E-state index is 2.64. The van der Waals surface area contributed by atoms with E-state index in [0.29, 0.717) is 6.04 Å². The van der Waals surface area contributed by atoms with Crippen LogP contribution in [0.3, 0.4) is 0 Å². The van der Waals surface area contributed by atoms with Crippen LogP contribution < -0.4 is 0 Å². The molecule has 1 aliphatic heterocycles. The SMILES string of the molecule is Cc1ccc(CN2CCCC[C@@H]2c2ccccc2)cc1. The molecular weight excluding hydrogens is 242 g/mol. The largest absolute Gasteiger partial charge is 0.292 e. The van der Waals surface area contributed by atoms with Gasteiger partial charge in [0.25, 0.3) is 0 Å². The van der Waals surface area contributed by atoms with Gasteiger partial charge in [-0.25, -0.2) is 0 Å². The first-order valence-corrected chi connectivity index (χ1v) is 7.67. The summed E-state index contributed by atoms with van der Waals surface area (Å²) in [5.74, 6) is 0. The molecule has 0 N–H and O–H groups in total. The Labute approximate surface area is 122 Å². The summed E-state index contributed by atoms with van der Waals surface area (Å²) in [6.45, 7) is 4.44. The zero-order valence-corrected chi connectivity index (χ0v) is 12.3. The molecule has 1 saturated heterocycles. The van der Waals surface area contributed by atoms with E-state index in [2.05, 4.69) is 66.4 Å². The van der Waals surface area contributed by atoms with Crippen LogP contribution in [0, 0.1) is 6.92 Å². The quantitative estimate of drug-likeness (QED) is 0.776. The van der Waals surface area contributed by atoms with Gasteiger partial charge in [-0.05, 0) is 37.4 Å². The number of hydrogen-bond donors (Lipinski definition) is 0. The first-order chi connectivity index (χ1) is 9.83. The van der Waals surface area contributed by atoms with E-state index < -0.39 is 0 Å². The normalized spacial score (nSPS) is 19.9. The molecule has 1 heterocycles. The second-order valence-electron chi connectivity index (χ2n) is 5.88. The van der Waals surface area contributed by atoms with Gasteiger partial charge in [0, 0.05) is 12.6 Å². The van der Waals surface area contributed by atoms with Crippen molar-refractivity contribution < 1.29 is 0 Å². The topological polar surface area (TPSA) is 3.24 Å². The molecule has 0 saturated carbocycles. The highest BCUT2D eigenvalue weighted by Crippen LogP contribution is 2.31. The van der Waals surface area contributed by atoms with Gasteiger partial charge in [-0.1, -0.05) is 66.6 Å². The lowest BCUT2D eigenvalue weighted by atomic mass is 9.94. The molecule has 0 aliphatic carbocycles. The van der Waals surface area contributed by atoms with Gasteiger partial charge in [-0.15, -0.1) is 0 Å². The van der Waals surface area contributed by atoms with Crippen molar-refractivity contribution in [2.75, 3.05) is 6.54 Å². The van der Waals surface area contributed by atoms with Crippen LogP contribution >= 0.6 is 0 Å². The molecule has 104 valence electrons. The van der Waals surface area contributed by atoms with E-state index in [1.807, 2.05) is 0 Å². The van der Waals surface area contributed by atoms with Gasteiger partial charge < -0.3 is 0 Å². The van der Waals surface area contributed by atoms with Crippen molar-refractivity contribution in [1.82, 2.24) is 4.90 Å². The fraction of sp³-hybridized carbons (Fsp3) is 0.368. The van der Waals surface area contributed by atoms with Crippen molar-refractivity contribution in [1.29, 1.82) is 0 Å². The Morgan fingerprint density at radius 1 is 0.950 bits per heavy atom. The minimum Gasteiger partial charge on any atom is -0.292 e. The molecule has 3 rings (SSSR count). The van der Waals surface area contributed by atoms with Gasteiger partial charge in [0.05, 0.1) is 0 Å². The molecule has 2 aromatic carbocycles. The van der Waals surface area contributed by atoms with Crippen LogP contribution in [-0.4, -0.2) is 11.4 Å². The summed E-state index contributed by atoms with van der Waals surface area (Å²) in [5, 5.41) is 0. The number of hydrogen-bond acceptors (Lipinski definition) is 1. The van der Waals surface area contributed by atoms with Crippen molar-refractivity contribution >= 4 is 0 Å². The highest BCUT2D eigenvalue weighted by atomic mass is 15.2. The first kappa shape index (κ1) is 13.4. The molecule has 0 bridgehead atoms. The predicted octanol–water partition coefficient (Wildman–Crippen LogP) is 4.72. The van der Waals surface area contributed by atoms with Crippen LogP contribution in [0.1, 0.15) is 42.0 Å². The molecule has 1 heteroatoms. The van der Waals surface area contributed by atoms with Gasteiger partial charge in [-0.2, -0.15) is 0 Å². The molecule has 1 aliphatic rings. The van der Waals surface area contributed by atoms with E-state index in [-0.39, 0.29) is 0 Å². The number of piperidine rings is 1. The molecule has 0 aromatic heterocycles. The van der Waals surface area contributed by atoms with E-state index in [9.17, 15) is 0 Å². The van der Waals surface area contributed by atoms with Crippen LogP contribution in [0.2, 0.25) is 0 Å². The zero-order valence-electron chi connectivity index (χ0n) is 12.3. The Bertz CT molecular complexity index is 529. The summed E-state index contributed by atoms with van der Waals surface area (Å²) in [5.41, 5.74) is 4.24. The van der Waals surface area contributed by atoms with Gasteiger partial charge >= 0.3 is 0 Å². The van der Waals surface area contributed by atoms with Gasteiger partial charge in [0.1, 0.15) is 0 Å². The van der Waals surface area contributed by atoms with Crippen molar-refractivity contribution in [2.24, 2.45) is 0 Å². The van der Waals surface area contributed by atoms with Crippen molar-refractivity contribution in [3.05, 3.63) is 71.3 Å². The third-order valence-electron chi connectivity index (χ3n) is 4.30. The zero-order chi connectivity index (χ0) is 13.8. The van der Waals surface area contributed by atoms with E-state index in [0.717, 1.165) is 6.54 Å². The van der Waals surface area contributed by atoms with Crippen molar-refractivity contribution in [3.8, 4) is 0 Å². The van der Waals surface area contributed by atoms with Crippen molar-refractivity contribution in [2.45, 2.75) is 38.8 Å². The fourth-order valence-corrected chi connectivity index (χ4v) is 3.16. The van der Waals surface area contributed by atoms with E-state index in [1.165, 1.54) is 42.5 Å². The Balaban J connectivity index is 1.77. The molecule has 0 radical (unpaired) electrons. The summed E-state index contributed by atoms with van der Waals surface area (Å²) >= 11 is 0. The van der Waals surface area contributed by atoms with Gasteiger partial charge in [0.15, 0.2) is 0 Å². The number of likely N-dealkylation sites (tertiary alicyclic amines) is 1. The molecule has 0 unspecified atom stereocenters. The van der Waals surface area contributed by atoms with Crippen LogP contribution in [0.5, 0.6) is 0 Å². The minimum atomic E-state index is 0.589. The predicted molar refractivity (Wildman–Crippen MR) is 84.6 cm³/mol. The molecule has 1 atom stereocenters. The Morgan fingerprint density at radius 3 is 2.45 bits per heavy atom. The molecule has 0 amide bonds. The summed E-state index contributed by atoms with van der Waals surface area (Å²) in [6, 6.07) is 20.5. The van der Waals surface area contributed by atoms with Crippen LogP contribution in [0.15, 0.2) is 54.6 Å². The van der Waals surface area contributed by atoms with E-state index in [1.54, 1.807) is 0 Å². The lowest BCUT2D eigenvalue weighted by Gasteiger charge is -2.36. The molecule has 2 aromatic rings. The number of nitrogens with zero attached hydrogens (tertiary/aromatic N) is 1. The van der Waals surface area contributed by atoms with Gasteiger partial charge in [-0.3, -0.25) is 4.90 Å². The fourth-order valence-electron chi connectivity index (χ4n) is 3.16. The Morgan fingerprint density at radius 2 is 1.70 bits per heavy atom. The summed E-state index contributed by atoms with van der Waals surface area (Å²) in [4.78, 5) is 2.64. The number of aryl methyl sites for hydroxylation is 1. The van der Waals surface area contributed by atoms with Crippen LogP contribution in [0.4, 0.5) is 0 Å². The van der Waals surface area contributed by atoms with E-state index >= 15 is 0 Å². The number of rotatable bonds is 3. The molecule has 0 spiro atoms. The smallest absolute Gasteiger partial charge is 0.0351 e. The first-order valence-electron chi connectivity index (χ1n) is 7.67. The standard InChI is InChI=1S/C19H23N/c1-16-10-12-17(13-11-16)15-20-14-6-5-9-19(20)18-7-3-2-4-8-18/h2-4,7-8,10-13,19H,5-6,9,14-15H2,1H3/t19-/m1/s1. The van der Waals surface area contributed by atoms with Crippen LogP contribution in [0.25, 0.3) is 0 Å². The second-order valence-corrected chi connectivity index (χ2v) is 5.88. The highest BCUT2D eigenvalue weighted by molar-refractivity contribution is 5.23. The molecule has 20 heavy (non-hydrogen) atoms. The maximum absolute atomic E-state index is 2.64. The second kappa shape index (κ2) is 6.23. The molecule has 1 fully saturated rings. The highest BCUT2D eigenvalue weighted by Gasteiger charge is 2.23. The lowest BCUT2D eigenvalue weighted by molar-refractivity contribution is 0.140. The summed E-state index contributed by atoms with van der Waals surface area (Å²) < 4.78 is 0. The van der Waals surface area contributed by atoms with Crippen LogP contribution in [-0.2, 0) is 6.54 Å². The van der Waals surface area contributed by atoms with Crippen molar-refractivity contribution in [3.63, 3.8) is 0 Å². The Kier molecular flexibility index (Phi) is 4.17. The average molecular weight is 265 g/mol. The minimum absolute atomic E-state index is 0.589.